The van der Waals surface area contributed by atoms with Crippen LogP contribution in [0.3, 0.4) is 0 Å². The predicted molar refractivity (Wildman–Crippen MR) is 80.3 cm³/mol. The molecule has 0 aliphatic rings. The van der Waals surface area contributed by atoms with Gasteiger partial charge in [0.1, 0.15) is 0 Å². The van der Waals surface area contributed by atoms with E-state index in [1.807, 2.05) is 20.8 Å². The number of aliphatic hydroxyl groups excluding tert-OH is 1. The van der Waals surface area contributed by atoms with Gasteiger partial charge in [0.25, 0.3) is 5.69 Å². The number of aryl methyl sites for hydroxylation is 1. The first-order valence-corrected chi connectivity index (χ1v) is 6.59. The van der Waals surface area contributed by atoms with Crippen LogP contribution in [-0.4, -0.2) is 28.7 Å². The van der Waals surface area contributed by atoms with E-state index in [9.17, 15) is 20.0 Å². The second kappa shape index (κ2) is 6.53. The van der Waals surface area contributed by atoms with Crippen LogP contribution in [-0.2, 0) is 0 Å². The summed E-state index contributed by atoms with van der Waals surface area (Å²) < 4.78 is 0. The molecule has 7 nitrogen and oxygen atoms in total. The van der Waals surface area contributed by atoms with Gasteiger partial charge in [-0.25, -0.2) is 4.79 Å². The predicted octanol–water partition coefficient (Wildman–Crippen LogP) is 2.43. The quantitative estimate of drug-likeness (QED) is 0.586. The van der Waals surface area contributed by atoms with Crippen molar-refractivity contribution in [3.05, 3.63) is 33.9 Å². The van der Waals surface area contributed by atoms with Crippen LogP contribution in [0.15, 0.2) is 18.2 Å². The second-order valence-corrected chi connectivity index (χ2v) is 5.97. The van der Waals surface area contributed by atoms with E-state index in [-0.39, 0.29) is 17.6 Å². The molecule has 0 fully saturated rings. The number of benzene rings is 1. The van der Waals surface area contributed by atoms with Gasteiger partial charge in [0.05, 0.1) is 16.7 Å². The van der Waals surface area contributed by atoms with Crippen molar-refractivity contribution in [2.75, 3.05) is 11.9 Å². The van der Waals surface area contributed by atoms with Crippen molar-refractivity contribution < 1.29 is 14.8 Å². The number of non-ortho nitro benzene ring substituents is 1. The molecular weight excluding hydrogens is 274 g/mol. The molecule has 0 saturated carbocycles. The molecule has 1 aromatic rings. The third kappa shape index (κ3) is 5.03. The van der Waals surface area contributed by atoms with Crippen LogP contribution in [0.5, 0.6) is 0 Å². The number of urea groups is 1. The van der Waals surface area contributed by atoms with Crippen molar-refractivity contribution in [2.24, 2.45) is 5.41 Å². The molecule has 2 amide bonds. The lowest BCUT2D eigenvalue weighted by Gasteiger charge is -2.25. The first-order chi connectivity index (χ1) is 9.61. The van der Waals surface area contributed by atoms with Gasteiger partial charge in [0.15, 0.2) is 0 Å². The number of hydrogen-bond acceptors (Lipinski definition) is 4. The Morgan fingerprint density at radius 3 is 2.57 bits per heavy atom. The van der Waals surface area contributed by atoms with Crippen molar-refractivity contribution in [3.63, 3.8) is 0 Å². The highest BCUT2D eigenvalue weighted by atomic mass is 16.6. The number of nitrogens with one attached hydrogen (secondary N) is 2. The number of nitrogens with zero attached hydrogens (tertiary/aromatic N) is 1. The summed E-state index contributed by atoms with van der Waals surface area (Å²) in [5.74, 6) is 0. The van der Waals surface area contributed by atoms with Crippen LogP contribution in [0.25, 0.3) is 0 Å². The van der Waals surface area contributed by atoms with E-state index in [1.54, 1.807) is 13.0 Å². The molecule has 7 heteroatoms. The topological polar surface area (TPSA) is 105 Å². The van der Waals surface area contributed by atoms with Crippen molar-refractivity contribution in [1.29, 1.82) is 0 Å². The molecule has 0 aliphatic heterocycles. The second-order valence-electron chi connectivity index (χ2n) is 5.97. The molecule has 0 bridgehead atoms. The van der Waals surface area contributed by atoms with E-state index in [4.69, 9.17) is 0 Å². The molecule has 1 unspecified atom stereocenters. The van der Waals surface area contributed by atoms with E-state index >= 15 is 0 Å². The third-order valence-electron chi connectivity index (χ3n) is 3.14. The van der Waals surface area contributed by atoms with E-state index < -0.39 is 17.1 Å². The summed E-state index contributed by atoms with van der Waals surface area (Å²) in [5.41, 5.74) is 0.652. The van der Waals surface area contributed by atoms with Gasteiger partial charge in [-0.2, -0.15) is 0 Å². The fraction of sp³-hybridized carbons (Fsp3) is 0.500. The SMILES string of the molecule is Cc1ccc([N+](=O)[O-])cc1NC(=O)NCC(O)C(C)(C)C. The largest absolute Gasteiger partial charge is 0.391 e. The Morgan fingerprint density at radius 2 is 2.05 bits per heavy atom. The van der Waals surface area contributed by atoms with E-state index in [2.05, 4.69) is 10.6 Å². The molecule has 0 saturated heterocycles. The lowest BCUT2D eigenvalue weighted by molar-refractivity contribution is -0.384. The maximum absolute atomic E-state index is 11.8. The van der Waals surface area contributed by atoms with Gasteiger partial charge in [0.2, 0.25) is 0 Å². The fourth-order valence-corrected chi connectivity index (χ4v) is 1.52. The van der Waals surface area contributed by atoms with Crippen LogP contribution in [0, 0.1) is 22.5 Å². The highest BCUT2D eigenvalue weighted by molar-refractivity contribution is 5.90. The first kappa shape index (κ1) is 16.9. The summed E-state index contributed by atoms with van der Waals surface area (Å²) in [5, 5.41) is 25.7. The molecule has 0 spiro atoms. The normalized spacial score (nSPS) is 12.6. The Balaban J connectivity index is 2.67. The van der Waals surface area contributed by atoms with E-state index in [0.717, 1.165) is 0 Å². The van der Waals surface area contributed by atoms with Crippen molar-refractivity contribution in [1.82, 2.24) is 5.32 Å². The minimum atomic E-state index is -0.686. The van der Waals surface area contributed by atoms with Gasteiger partial charge in [-0.15, -0.1) is 0 Å². The standard InChI is InChI=1S/C14H21N3O4/c1-9-5-6-10(17(20)21)7-11(9)16-13(19)15-8-12(18)14(2,3)4/h5-7,12,18H,8H2,1-4H3,(H2,15,16,19). The van der Waals surface area contributed by atoms with Gasteiger partial charge >= 0.3 is 6.03 Å². The number of amides is 2. The number of rotatable bonds is 4. The zero-order valence-electron chi connectivity index (χ0n) is 12.6. The van der Waals surface area contributed by atoms with Gasteiger partial charge < -0.3 is 15.7 Å². The smallest absolute Gasteiger partial charge is 0.319 e. The Morgan fingerprint density at radius 1 is 1.43 bits per heavy atom. The van der Waals surface area contributed by atoms with Crippen LogP contribution >= 0.6 is 0 Å². The average Bonchev–Trinajstić information content (AvgIpc) is 2.37. The van der Waals surface area contributed by atoms with Crippen molar-refractivity contribution >= 4 is 17.4 Å². The van der Waals surface area contributed by atoms with Crippen LogP contribution in [0.1, 0.15) is 26.3 Å². The van der Waals surface area contributed by atoms with Gasteiger partial charge in [-0.1, -0.05) is 26.8 Å². The number of anilines is 1. The Bertz CT molecular complexity index is 538. The maximum Gasteiger partial charge on any atom is 0.319 e. The van der Waals surface area contributed by atoms with Crippen LogP contribution in [0.4, 0.5) is 16.2 Å². The summed E-state index contributed by atoms with van der Waals surface area (Å²) in [7, 11) is 0. The molecule has 116 valence electrons. The molecule has 3 N–H and O–H groups in total. The van der Waals surface area contributed by atoms with E-state index in [1.165, 1.54) is 12.1 Å². The molecule has 1 atom stereocenters. The summed E-state index contributed by atoms with van der Waals surface area (Å²) in [4.78, 5) is 22.0. The number of aliphatic hydroxyl groups is 1. The molecule has 0 aromatic heterocycles. The Kier molecular flexibility index (Phi) is 5.26. The molecule has 0 aliphatic carbocycles. The fourth-order valence-electron chi connectivity index (χ4n) is 1.52. The molecular formula is C14H21N3O4. The molecule has 1 aromatic carbocycles. The van der Waals surface area contributed by atoms with Gasteiger partial charge in [0, 0.05) is 18.7 Å². The Labute approximate surface area is 123 Å². The number of nitro benzene ring substituents is 1. The summed E-state index contributed by atoms with van der Waals surface area (Å²) in [6, 6.07) is 3.73. The molecule has 0 heterocycles. The zero-order chi connectivity index (χ0) is 16.2. The summed E-state index contributed by atoms with van der Waals surface area (Å²) in [6.45, 7) is 7.43. The maximum atomic E-state index is 11.8. The Hall–Kier alpha value is -2.15. The monoisotopic (exact) mass is 295 g/mol. The number of nitro groups is 1. The lowest BCUT2D eigenvalue weighted by Crippen LogP contribution is -2.40. The summed E-state index contributed by atoms with van der Waals surface area (Å²) >= 11 is 0. The number of carbonyl (C=O) groups is 1. The van der Waals surface area contributed by atoms with Gasteiger partial charge in [-0.05, 0) is 17.9 Å². The highest BCUT2D eigenvalue weighted by Gasteiger charge is 2.22. The third-order valence-corrected chi connectivity index (χ3v) is 3.14. The number of carbonyl (C=O) groups excluding carboxylic acids is 1. The minimum Gasteiger partial charge on any atom is -0.391 e. The lowest BCUT2D eigenvalue weighted by atomic mass is 9.89. The van der Waals surface area contributed by atoms with Crippen molar-refractivity contribution in [2.45, 2.75) is 33.8 Å². The average molecular weight is 295 g/mol. The van der Waals surface area contributed by atoms with Crippen molar-refractivity contribution in [3.8, 4) is 0 Å². The summed E-state index contributed by atoms with van der Waals surface area (Å²) in [6.07, 6.45) is -0.686. The first-order valence-electron chi connectivity index (χ1n) is 6.59. The minimum absolute atomic E-state index is 0.0920. The van der Waals surface area contributed by atoms with Crippen LogP contribution in [0.2, 0.25) is 0 Å². The zero-order valence-corrected chi connectivity index (χ0v) is 12.6. The van der Waals surface area contributed by atoms with Gasteiger partial charge in [-0.3, -0.25) is 10.1 Å². The molecule has 1 rings (SSSR count). The van der Waals surface area contributed by atoms with Crippen LogP contribution < -0.4 is 10.6 Å². The molecule has 0 radical (unpaired) electrons. The van der Waals surface area contributed by atoms with E-state index in [0.29, 0.717) is 11.3 Å². The number of hydrogen-bond donors (Lipinski definition) is 3. The highest BCUT2D eigenvalue weighted by Crippen LogP contribution is 2.22. The molecule has 21 heavy (non-hydrogen) atoms.